The highest BCUT2D eigenvalue weighted by molar-refractivity contribution is 7.99. The lowest BCUT2D eigenvalue weighted by Crippen LogP contribution is -2.75. The van der Waals surface area contributed by atoms with E-state index in [1.165, 1.54) is 7.11 Å². The molecule has 0 unspecified atom stereocenters. The highest BCUT2D eigenvalue weighted by atomic mass is 32.2. The van der Waals surface area contributed by atoms with Gasteiger partial charge in [0.2, 0.25) is 0 Å². The van der Waals surface area contributed by atoms with Crippen molar-refractivity contribution in [1.82, 2.24) is 0 Å². The zero-order valence-electron chi connectivity index (χ0n) is 22.2. The molecule has 2 heterocycles. The van der Waals surface area contributed by atoms with Gasteiger partial charge in [-0.15, -0.1) is 0 Å². The second-order valence-electron chi connectivity index (χ2n) is 11.4. The zero-order valence-corrected chi connectivity index (χ0v) is 24.0. The smallest absolute Gasteiger partial charge is 0.350 e. The molecule has 6 nitrogen and oxygen atoms in total. The number of thioether (sulfide) groups is 1. The van der Waals surface area contributed by atoms with Crippen molar-refractivity contribution in [3.05, 3.63) is 66.2 Å². The molecule has 0 N–H and O–H groups in total. The van der Waals surface area contributed by atoms with Crippen LogP contribution in [0.5, 0.6) is 0 Å². The van der Waals surface area contributed by atoms with E-state index < -0.39 is 44.4 Å². The molecule has 2 aliphatic rings. The molecule has 0 spiro atoms. The van der Waals surface area contributed by atoms with Gasteiger partial charge >= 0.3 is 14.5 Å². The molecule has 8 heteroatoms. The summed E-state index contributed by atoms with van der Waals surface area (Å²) in [7, 11) is -1.59. The van der Waals surface area contributed by atoms with Gasteiger partial charge in [-0.3, -0.25) is 0 Å². The zero-order chi connectivity index (χ0) is 26.1. The molecule has 0 amide bonds. The average Bonchev–Trinajstić information content (AvgIpc) is 2.83. The normalized spacial score (nSPS) is 27.9. The number of carbonyl (C=O) groups is 1. The van der Waals surface area contributed by atoms with E-state index >= 15 is 0 Å². The lowest BCUT2D eigenvalue weighted by atomic mass is 9.99. The number of hydrogen-bond donors (Lipinski definition) is 0. The van der Waals surface area contributed by atoms with Crippen molar-refractivity contribution in [3.8, 4) is 0 Å². The van der Waals surface area contributed by atoms with Crippen molar-refractivity contribution in [1.29, 1.82) is 0 Å². The molecule has 0 saturated carbocycles. The average molecular weight is 531 g/mol. The standard InChI is InChI=1S/C28H38O6SSi/c1-27(2,3)36(28(4,5)6)33-22-21(31-18-19-14-10-8-11-15-19)24(34-36)26(32-23(22)25(29)30-7)35-20-16-12-9-13-17-20/h8-17,21-24,26H,18H2,1-7H3/t21-,22-,23-,24+,26-/m0/s1. The molecule has 36 heavy (non-hydrogen) atoms. The van der Waals surface area contributed by atoms with Crippen molar-refractivity contribution in [2.45, 2.75) is 93.0 Å². The Hall–Kier alpha value is -1.68. The van der Waals surface area contributed by atoms with E-state index in [-0.39, 0.29) is 10.1 Å². The van der Waals surface area contributed by atoms with Gasteiger partial charge in [-0.1, -0.05) is 102 Å². The third-order valence-corrected chi connectivity index (χ3v) is 13.1. The number of benzene rings is 2. The second-order valence-corrected chi connectivity index (χ2v) is 17.3. The van der Waals surface area contributed by atoms with Gasteiger partial charge in [0.1, 0.15) is 23.7 Å². The first-order valence-corrected chi connectivity index (χ1v) is 15.1. The van der Waals surface area contributed by atoms with Crippen molar-refractivity contribution in [2.75, 3.05) is 7.11 Å². The Kier molecular flexibility index (Phi) is 8.05. The summed E-state index contributed by atoms with van der Waals surface area (Å²) in [6.07, 6.45) is -2.50. The maximum atomic E-state index is 13.1. The predicted molar refractivity (Wildman–Crippen MR) is 143 cm³/mol. The second kappa shape index (κ2) is 10.6. The SMILES string of the molecule is COC(=O)[C@H]1O[C@@H](Sc2ccccc2)[C@@H]2O[Si](C(C)(C)C)(C(C)(C)C)O[C@H]1[C@@H]2OCc1ccccc1. The topological polar surface area (TPSA) is 63.2 Å². The fourth-order valence-electron chi connectivity index (χ4n) is 5.30. The van der Waals surface area contributed by atoms with E-state index in [0.717, 1.165) is 10.5 Å². The minimum absolute atomic E-state index is 0.272. The van der Waals surface area contributed by atoms with E-state index in [9.17, 15) is 4.79 Å². The Labute approximate surface area is 220 Å². The highest BCUT2D eigenvalue weighted by Gasteiger charge is 2.68. The first kappa shape index (κ1) is 27.4. The van der Waals surface area contributed by atoms with Gasteiger partial charge in [0.05, 0.1) is 13.7 Å². The lowest BCUT2D eigenvalue weighted by Gasteiger charge is -2.60. The number of carbonyl (C=O) groups excluding carboxylic acids is 1. The first-order valence-electron chi connectivity index (χ1n) is 12.4. The maximum Gasteiger partial charge on any atom is 0.350 e. The lowest BCUT2D eigenvalue weighted by molar-refractivity contribution is -0.248. The molecule has 0 radical (unpaired) electrons. The molecule has 0 aliphatic carbocycles. The molecular formula is C28H38O6SSi. The Morgan fingerprint density at radius 3 is 2.00 bits per heavy atom. The van der Waals surface area contributed by atoms with E-state index in [0.29, 0.717) is 6.61 Å². The van der Waals surface area contributed by atoms with Gasteiger partial charge < -0.3 is 23.1 Å². The molecule has 196 valence electrons. The third kappa shape index (κ3) is 5.30. The van der Waals surface area contributed by atoms with Crippen LogP contribution in [-0.2, 0) is 34.5 Å². The summed E-state index contributed by atoms with van der Waals surface area (Å²) in [5.41, 5.74) is 0.563. The number of fused-ring (bicyclic) bond motifs is 2. The van der Waals surface area contributed by atoms with Crippen molar-refractivity contribution in [3.63, 3.8) is 0 Å². The summed E-state index contributed by atoms with van der Waals surface area (Å²) < 4.78 is 32.2. The summed E-state index contributed by atoms with van der Waals surface area (Å²) in [4.78, 5) is 14.1. The first-order chi connectivity index (χ1) is 17.0. The molecule has 2 bridgehead atoms. The van der Waals surface area contributed by atoms with Crippen LogP contribution >= 0.6 is 11.8 Å². The van der Waals surface area contributed by atoms with Gasteiger partial charge in [0.25, 0.3) is 0 Å². The van der Waals surface area contributed by atoms with Crippen LogP contribution in [0.2, 0.25) is 10.1 Å². The van der Waals surface area contributed by atoms with Gasteiger partial charge in [-0.25, -0.2) is 4.79 Å². The van der Waals surface area contributed by atoms with Gasteiger partial charge in [0.15, 0.2) is 6.10 Å². The van der Waals surface area contributed by atoms with Crippen LogP contribution in [0.15, 0.2) is 65.6 Å². The number of esters is 1. The van der Waals surface area contributed by atoms with Crippen LogP contribution in [0.4, 0.5) is 0 Å². The molecule has 5 atom stereocenters. The van der Waals surface area contributed by atoms with E-state index in [1.807, 2.05) is 60.7 Å². The maximum absolute atomic E-state index is 13.1. The summed E-state index contributed by atoms with van der Waals surface area (Å²) >= 11 is 1.54. The molecule has 2 saturated heterocycles. The number of rotatable bonds is 6. The van der Waals surface area contributed by atoms with Crippen LogP contribution in [0.1, 0.15) is 47.1 Å². The Morgan fingerprint density at radius 2 is 1.44 bits per heavy atom. The summed E-state index contributed by atoms with van der Waals surface area (Å²) in [6.45, 7) is 13.4. The molecule has 2 fully saturated rings. The molecular weight excluding hydrogens is 492 g/mol. The summed E-state index contributed by atoms with van der Waals surface area (Å²) in [5, 5.41) is -0.543. The fraction of sp³-hybridized carbons (Fsp3) is 0.536. The minimum atomic E-state index is -2.97. The number of ether oxygens (including phenoxy) is 3. The Morgan fingerprint density at radius 1 is 0.889 bits per heavy atom. The van der Waals surface area contributed by atoms with Crippen LogP contribution in [0.25, 0.3) is 0 Å². The summed E-state index contributed by atoms with van der Waals surface area (Å²) in [6, 6.07) is 20.0. The fourth-order valence-corrected chi connectivity index (χ4v) is 11.5. The van der Waals surface area contributed by atoms with Crippen LogP contribution < -0.4 is 0 Å². The minimum Gasteiger partial charge on any atom is -0.467 e. The van der Waals surface area contributed by atoms with E-state index in [4.69, 9.17) is 23.1 Å². The molecule has 2 aromatic carbocycles. The van der Waals surface area contributed by atoms with Crippen molar-refractivity contribution >= 4 is 26.3 Å². The van der Waals surface area contributed by atoms with Gasteiger partial charge in [-0.05, 0) is 17.7 Å². The number of methoxy groups -OCH3 is 1. The molecule has 2 aliphatic heterocycles. The Balaban J connectivity index is 1.78. The molecule has 2 aromatic rings. The molecule has 4 rings (SSSR count). The quantitative estimate of drug-likeness (QED) is 0.331. The highest BCUT2D eigenvalue weighted by Crippen LogP contribution is 2.57. The van der Waals surface area contributed by atoms with Crippen molar-refractivity contribution in [2.24, 2.45) is 0 Å². The molecule has 0 aromatic heterocycles. The third-order valence-electron chi connectivity index (χ3n) is 6.79. The van der Waals surface area contributed by atoms with Crippen LogP contribution in [0.3, 0.4) is 0 Å². The monoisotopic (exact) mass is 530 g/mol. The van der Waals surface area contributed by atoms with Crippen molar-refractivity contribution < 1.29 is 27.9 Å². The van der Waals surface area contributed by atoms with Crippen LogP contribution in [-0.4, -0.2) is 51.5 Å². The summed E-state index contributed by atoms with van der Waals surface area (Å²) in [5.74, 6) is -0.460. The van der Waals surface area contributed by atoms with Crippen LogP contribution in [0, 0.1) is 0 Å². The predicted octanol–water partition coefficient (Wildman–Crippen LogP) is 6.09. The van der Waals surface area contributed by atoms with E-state index in [2.05, 4.69) is 41.5 Å². The Bertz CT molecular complexity index is 1010. The van der Waals surface area contributed by atoms with E-state index in [1.54, 1.807) is 11.8 Å². The van der Waals surface area contributed by atoms with Gasteiger partial charge in [-0.2, -0.15) is 0 Å². The van der Waals surface area contributed by atoms with Gasteiger partial charge in [0, 0.05) is 15.0 Å². The largest absolute Gasteiger partial charge is 0.467 e. The number of hydrogen-bond acceptors (Lipinski definition) is 7.